The standard InChI is InChI=1S/C30H36N4O5S.ClH/c1-18-7-3-8-19(2)27(18)25-16-26(39-17-24(31)28(20-9-4-10-20)21-11-5-12-21)33-30(32-25)34-40(37,38)23-14-6-13-22(15-23)29(35)36;/h3,6-8,13-16,20-21,24,28H,4-5,9-12,17,31H2,1-2H3,(H,35,36)(H,32,33,34);1H. The number of aromatic carboxylic acids is 1. The number of nitrogens with two attached hydrogens (primary N) is 1. The molecule has 0 saturated heterocycles. The second-order valence-corrected chi connectivity index (χ2v) is 12.7. The number of ether oxygens (including phenoxy) is 1. The summed E-state index contributed by atoms with van der Waals surface area (Å²) in [6, 6.07) is 12.6. The molecule has 2 aromatic carbocycles. The molecule has 1 aromatic heterocycles. The van der Waals surface area contributed by atoms with Gasteiger partial charge in [0.05, 0.1) is 16.2 Å². The summed E-state index contributed by atoms with van der Waals surface area (Å²) in [6.45, 7) is 4.20. The molecule has 11 heteroatoms. The van der Waals surface area contributed by atoms with Crippen molar-refractivity contribution in [3.8, 4) is 17.1 Å². The van der Waals surface area contributed by atoms with Crippen LogP contribution in [-0.4, -0.2) is 42.1 Å². The highest BCUT2D eigenvalue weighted by Crippen LogP contribution is 2.45. The van der Waals surface area contributed by atoms with Crippen molar-refractivity contribution in [1.29, 1.82) is 0 Å². The van der Waals surface area contributed by atoms with E-state index in [4.69, 9.17) is 10.5 Å². The van der Waals surface area contributed by atoms with E-state index >= 15 is 0 Å². The van der Waals surface area contributed by atoms with Gasteiger partial charge in [-0.25, -0.2) is 22.9 Å². The van der Waals surface area contributed by atoms with Gasteiger partial charge in [0.1, 0.15) is 6.61 Å². The number of anilines is 1. The lowest BCUT2D eigenvalue weighted by atomic mass is 9.62. The largest absolute Gasteiger partial charge is 0.478 e. The number of hydrogen-bond acceptors (Lipinski definition) is 7. The van der Waals surface area contributed by atoms with Crippen molar-refractivity contribution in [2.75, 3.05) is 11.3 Å². The molecular formula is C30H37ClN4O5S. The summed E-state index contributed by atoms with van der Waals surface area (Å²) in [4.78, 5) is 20.1. The molecule has 41 heavy (non-hydrogen) atoms. The maximum absolute atomic E-state index is 13.2. The lowest BCUT2D eigenvalue weighted by molar-refractivity contribution is 0.0552. The Morgan fingerprint density at radius 3 is 2.20 bits per heavy atom. The first-order chi connectivity index (χ1) is 19.1. The molecule has 2 fully saturated rings. The Labute approximate surface area is 247 Å². The Balaban J connectivity index is 0.00000387. The fourth-order valence-electron chi connectivity index (χ4n) is 5.89. The molecule has 5 rings (SSSR count). The number of nitrogens with zero attached hydrogens (tertiary/aromatic N) is 2. The third-order valence-electron chi connectivity index (χ3n) is 8.36. The molecule has 3 aromatic rings. The number of aromatic nitrogens is 2. The molecule has 1 unspecified atom stereocenters. The molecular weight excluding hydrogens is 564 g/mol. The van der Waals surface area contributed by atoms with Crippen LogP contribution in [-0.2, 0) is 10.0 Å². The summed E-state index contributed by atoms with van der Waals surface area (Å²) in [5.41, 5.74) is 9.88. The minimum Gasteiger partial charge on any atom is -0.478 e. The van der Waals surface area contributed by atoms with Crippen LogP contribution >= 0.6 is 12.4 Å². The maximum Gasteiger partial charge on any atom is 0.335 e. The third-order valence-corrected chi connectivity index (χ3v) is 9.69. The molecule has 2 saturated carbocycles. The van der Waals surface area contributed by atoms with Crippen LogP contribution in [0.5, 0.6) is 5.88 Å². The molecule has 1 atom stereocenters. The van der Waals surface area contributed by atoms with Gasteiger partial charge in [-0.2, -0.15) is 4.98 Å². The molecule has 220 valence electrons. The fraction of sp³-hybridized carbons (Fsp3) is 0.433. The molecule has 2 aliphatic carbocycles. The second kappa shape index (κ2) is 12.8. The Kier molecular flexibility index (Phi) is 9.56. The SMILES string of the molecule is Cc1cccc(C)c1-c1cc(OCC(N)C(C2CCC2)C2CCC2)nc(NS(=O)(=O)c2cccc(C(=O)O)c2)n1.Cl. The van der Waals surface area contributed by atoms with E-state index in [1.54, 1.807) is 6.07 Å². The second-order valence-electron chi connectivity index (χ2n) is 11.1. The highest BCUT2D eigenvalue weighted by atomic mass is 35.5. The predicted molar refractivity (Wildman–Crippen MR) is 160 cm³/mol. The van der Waals surface area contributed by atoms with E-state index in [0.717, 1.165) is 22.8 Å². The van der Waals surface area contributed by atoms with Gasteiger partial charge in [0.2, 0.25) is 11.8 Å². The van der Waals surface area contributed by atoms with Gasteiger partial charge < -0.3 is 15.6 Å². The van der Waals surface area contributed by atoms with Crippen molar-refractivity contribution in [2.24, 2.45) is 23.5 Å². The molecule has 1 heterocycles. The molecule has 0 aliphatic heterocycles. The topological polar surface area (TPSA) is 144 Å². The summed E-state index contributed by atoms with van der Waals surface area (Å²) in [6.07, 6.45) is 7.38. The molecule has 0 bridgehead atoms. The first-order valence-electron chi connectivity index (χ1n) is 13.8. The van der Waals surface area contributed by atoms with Crippen molar-refractivity contribution in [3.63, 3.8) is 0 Å². The Morgan fingerprint density at radius 1 is 1.02 bits per heavy atom. The van der Waals surface area contributed by atoms with Crippen molar-refractivity contribution < 1.29 is 23.1 Å². The summed E-state index contributed by atoms with van der Waals surface area (Å²) in [5.74, 6) is 0.535. The van der Waals surface area contributed by atoms with E-state index in [1.807, 2.05) is 32.0 Å². The van der Waals surface area contributed by atoms with E-state index in [9.17, 15) is 18.3 Å². The van der Waals surface area contributed by atoms with Crippen molar-refractivity contribution >= 4 is 34.3 Å². The fourth-order valence-corrected chi connectivity index (χ4v) is 6.88. The number of carbonyl (C=O) groups is 1. The van der Waals surface area contributed by atoms with Gasteiger partial charge in [0, 0.05) is 17.7 Å². The zero-order valence-corrected chi connectivity index (χ0v) is 24.9. The van der Waals surface area contributed by atoms with E-state index < -0.39 is 16.0 Å². The number of nitrogens with one attached hydrogen (secondary N) is 1. The van der Waals surface area contributed by atoms with Crippen LogP contribution in [0.25, 0.3) is 11.3 Å². The van der Waals surface area contributed by atoms with Gasteiger partial charge >= 0.3 is 5.97 Å². The highest BCUT2D eigenvalue weighted by Gasteiger charge is 2.39. The molecule has 0 spiro atoms. The number of sulfonamides is 1. The van der Waals surface area contributed by atoms with E-state index in [2.05, 4.69) is 14.7 Å². The van der Waals surface area contributed by atoms with E-state index in [0.29, 0.717) is 23.4 Å². The van der Waals surface area contributed by atoms with Crippen LogP contribution in [0.3, 0.4) is 0 Å². The molecule has 0 radical (unpaired) electrons. The van der Waals surface area contributed by atoms with Crippen LogP contribution in [0, 0.1) is 31.6 Å². The number of carboxylic acids is 1. The summed E-state index contributed by atoms with van der Waals surface area (Å²) in [5, 5.41) is 9.30. The van der Waals surface area contributed by atoms with Gasteiger partial charge in [-0.05, 0) is 60.9 Å². The van der Waals surface area contributed by atoms with Crippen LogP contribution in [0.4, 0.5) is 5.95 Å². The van der Waals surface area contributed by atoms with Crippen LogP contribution in [0.15, 0.2) is 53.4 Å². The lowest BCUT2D eigenvalue weighted by Gasteiger charge is -2.45. The number of benzene rings is 2. The average molecular weight is 601 g/mol. The zero-order valence-electron chi connectivity index (χ0n) is 23.2. The smallest absolute Gasteiger partial charge is 0.335 e. The van der Waals surface area contributed by atoms with Gasteiger partial charge in [-0.15, -0.1) is 12.4 Å². The van der Waals surface area contributed by atoms with Gasteiger partial charge in [-0.3, -0.25) is 0 Å². The number of aryl methyl sites for hydroxylation is 2. The van der Waals surface area contributed by atoms with Gasteiger partial charge in [0.15, 0.2) is 0 Å². The van der Waals surface area contributed by atoms with E-state index in [1.165, 1.54) is 56.7 Å². The minimum absolute atomic E-state index is 0. The molecule has 2 aliphatic rings. The number of rotatable bonds is 11. The monoisotopic (exact) mass is 600 g/mol. The molecule has 0 amide bonds. The number of hydrogen-bond donors (Lipinski definition) is 3. The normalized spacial score (nSPS) is 16.3. The van der Waals surface area contributed by atoms with Crippen LogP contribution in [0.1, 0.15) is 60.0 Å². The van der Waals surface area contributed by atoms with Crippen molar-refractivity contribution in [2.45, 2.75) is 63.3 Å². The van der Waals surface area contributed by atoms with Crippen molar-refractivity contribution in [3.05, 3.63) is 65.2 Å². The van der Waals surface area contributed by atoms with Crippen LogP contribution < -0.4 is 15.2 Å². The number of carboxylic acid groups (broad SMARTS) is 1. The Bertz CT molecular complexity index is 1470. The van der Waals surface area contributed by atoms with Crippen molar-refractivity contribution in [1.82, 2.24) is 9.97 Å². The van der Waals surface area contributed by atoms with Gasteiger partial charge in [0.25, 0.3) is 10.0 Å². The summed E-state index contributed by atoms with van der Waals surface area (Å²) >= 11 is 0. The highest BCUT2D eigenvalue weighted by molar-refractivity contribution is 7.92. The first kappa shape index (κ1) is 30.7. The lowest BCUT2D eigenvalue weighted by Crippen LogP contribution is -2.47. The zero-order chi connectivity index (χ0) is 28.4. The Hall–Kier alpha value is -3.21. The summed E-state index contributed by atoms with van der Waals surface area (Å²) < 4.78 is 35.0. The Morgan fingerprint density at radius 2 is 1.63 bits per heavy atom. The minimum atomic E-state index is -4.18. The maximum atomic E-state index is 13.2. The predicted octanol–water partition coefficient (Wildman–Crippen LogP) is 5.60. The average Bonchev–Trinajstić information content (AvgIpc) is 2.84. The molecule has 9 nitrogen and oxygen atoms in total. The van der Waals surface area contributed by atoms with E-state index in [-0.39, 0.29) is 47.3 Å². The third kappa shape index (κ3) is 6.82. The summed E-state index contributed by atoms with van der Waals surface area (Å²) in [7, 11) is -4.18. The number of halogens is 1. The van der Waals surface area contributed by atoms with Crippen LogP contribution in [0.2, 0.25) is 0 Å². The van der Waals surface area contributed by atoms with Gasteiger partial charge in [-0.1, -0.05) is 62.8 Å². The first-order valence-corrected chi connectivity index (χ1v) is 15.3. The molecule has 4 N–H and O–H groups in total. The quantitative estimate of drug-likeness (QED) is 0.258.